The van der Waals surface area contributed by atoms with E-state index < -0.39 is 36.7 Å². The van der Waals surface area contributed by atoms with Crippen molar-refractivity contribution >= 4 is 0 Å². The van der Waals surface area contributed by atoms with Gasteiger partial charge < -0.3 is 35.8 Å². The predicted molar refractivity (Wildman–Crippen MR) is 77.5 cm³/mol. The summed E-state index contributed by atoms with van der Waals surface area (Å²) in [6, 6.07) is 1.32. The summed E-state index contributed by atoms with van der Waals surface area (Å²) in [4.78, 5) is 25.3. The molecule has 0 fully saturated rings. The maximum atomic E-state index is 10.4. The Morgan fingerprint density at radius 2 is 1.64 bits per heavy atom. The summed E-state index contributed by atoms with van der Waals surface area (Å²) >= 11 is 0. The van der Waals surface area contributed by atoms with Crippen molar-refractivity contribution in [2.45, 2.75) is 31.3 Å². The Balaban J connectivity index is 0.000000425. The summed E-state index contributed by atoms with van der Waals surface area (Å²) in [5, 5.41) is 47.5. The molecule has 1 rings (SSSR count). The van der Waals surface area contributed by atoms with E-state index in [4.69, 9.17) is 20.4 Å². The summed E-state index contributed by atoms with van der Waals surface area (Å²) in [6.45, 7) is 1.08. The van der Waals surface area contributed by atoms with Gasteiger partial charge in [0.1, 0.15) is 18.3 Å². The number of aromatic amines is 2. The molecule has 0 aliphatic carbocycles. The van der Waals surface area contributed by atoms with Gasteiger partial charge in [0.25, 0.3) is 5.56 Å². The number of aliphatic hydroxyl groups is 5. The number of H-pyrrole nitrogens is 2. The van der Waals surface area contributed by atoms with Crippen LogP contribution in [0.5, 0.6) is 0 Å². The van der Waals surface area contributed by atoms with Gasteiger partial charge in [-0.15, -0.1) is 0 Å². The van der Waals surface area contributed by atoms with E-state index in [1.165, 1.54) is 6.07 Å². The quantitative estimate of drug-likeness (QED) is 0.261. The molecule has 0 bridgehead atoms. The van der Waals surface area contributed by atoms with Crippen LogP contribution in [0.2, 0.25) is 0 Å². The molecule has 10 nitrogen and oxygen atoms in total. The first-order chi connectivity index (χ1) is 10.2. The number of nitrogens with one attached hydrogen (secondary N) is 3. The third-order valence-corrected chi connectivity index (χ3v) is 2.63. The van der Waals surface area contributed by atoms with E-state index in [2.05, 4.69) is 10.3 Å². The van der Waals surface area contributed by atoms with Crippen molar-refractivity contribution in [2.75, 3.05) is 20.2 Å². The molecule has 0 spiro atoms. The van der Waals surface area contributed by atoms with Crippen LogP contribution in [-0.2, 0) is 0 Å². The molecule has 8 N–H and O–H groups in total. The molecule has 0 unspecified atom stereocenters. The first kappa shape index (κ1) is 20.4. The zero-order valence-corrected chi connectivity index (χ0v) is 12.4. The van der Waals surface area contributed by atoms with Gasteiger partial charge in [-0.25, -0.2) is 4.79 Å². The van der Waals surface area contributed by atoms with Crippen molar-refractivity contribution in [1.29, 1.82) is 0 Å². The number of rotatable bonds is 6. The van der Waals surface area contributed by atoms with Crippen molar-refractivity contribution in [3.8, 4) is 0 Å². The smallest absolute Gasteiger partial charge is 0.325 e. The van der Waals surface area contributed by atoms with Gasteiger partial charge in [-0.05, 0) is 14.0 Å². The van der Waals surface area contributed by atoms with Crippen LogP contribution >= 0.6 is 0 Å². The third kappa shape index (κ3) is 7.45. The van der Waals surface area contributed by atoms with Crippen molar-refractivity contribution in [2.24, 2.45) is 0 Å². The van der Waals surface area contributed by atoms with Gasteiger partial charge in [0.05, 0.1) is 12.7 Å². The second kappa shape index (κ2) is 10.2. The molecule has 4 atom stereocenters. The van der Waals surface area contributed by atoms with E-state index in [9.17, 15) is 14.7 Å². The van der Waals surface area contributed by atoms with Gasteiger partial charge in [0.2, 0.25) is 0 Å². The van der Waals surface area contributed by atoms with Crippen LogP contribution < -0.4 is 16.6 Å². The first-order valence-electron chi connectivity index (χ1n) is 6.50. The second-order valence-electron chi connectivity index (χ2n) is 4.63. The predicted octanol–water partition coefficient (Wildman–Crippen LogP) is -3.99. The number of aromatic nitrogens is 2. The minimum atomic E-state index is -1.55. The van der Waals surface area contributed by atoms with Gasteiger partial charge >= 0.3 is 5.69 Å². The van der Waals surface area contributed by atoms with Crippen LogP contribution in [0.1, 0.15) is 5.69 Å². The number of aliphatic hydroxyl groups excluding tert-OH is 5. The highest BCUT2D eigenvalue weighted by atomic mass is 16.4. The zero-order chi connectivity index (χ0) is 17.3. The topological polar surface area (TPSA) is 179 Å². The average Bonchev–Trinajstić information content (AvgIpc) is 2.44. The maximum Gasteiger partial charge on any atom is 0.325 e. The molecular formula is C12H23N3O7. The number of hydrogen-bond acceptors (Lipinski definition) is 8. The average molecular weight is 321 g/mol. The number of likely N-dealkylation sites (N-methyl/N-ethyl adjacent to an activating group) is 1. The minimum Gasteiger partial charge on any atom is -0.394 e. The zero-order valence-electron chi connectivity index (χ0n) is 12.4. The number of hydrogen-bond donors (Lipinski definition) is 8. The van der Waals surface area contributed by atoms with E-state index in [1.54, 1.807) is 14.0 Å². The highest BCUT2D eigenvalue weighted by molar-refractivity contribution is 4.93. The highest BCUT2D eigenvalue weighted by Gasteiger charge is 2.29. The Bertz CT molecular complexity index is 502. The van der Waals surface area contributed by atoms with E-state index in [0.29, 0.717) is 5.69 Å². The van der Waals surface area contributed by atoms with Crippen LogP contribution in [0.25, 0.3) is 0 Å². The molecule has 0 amide bonds. The van der Waals surface area contributed by atoms with E-state index in [1.807, 2.05) is 4.98 Å². The molecule has 10 heteroatoms. The van der Waals surface area contributed by atoms with Gasteiger partial charge in [0.15, 0.2) is 0 Å². The van der Waals surface area contributed by atoms with E-state index in [0.717, 1.165) is 0 Å². The molecule has 0 aromatic carbocycles. The Kier molecular flexibility index (Phi) is 9.49. The van der Waals surface area contributed by atoms with Crippen LogP contribution in [0, 0.1) is 6.92 Å². The largest absolute Gasteiger partial charge is 0.394 e. The summed E-state index contributed by atoms with van der Waals surface area (Å²) in [5.41, 5.74) is -0.250. The monoisotopic (exact) mass is 321 g/mol. The first-order valence-corrected chi connectivity index (χ1v) is 6.50. The van der Waals surface area contributed by atoms with Crippen LogP contribution in [0.3, 0.4) is 0 Å². The lowest BCUT2D eigenvalue weighted by molar-refractivity contribution is -0.113. The highest BCUT2D eigenvalue weighted by Crippen LogP contribution is 2.04. The molecule has 0 saturated heterocycles. The Labute approximate surface area is 126 Å². The van der Waals surface area contributed by atoms with Crippen LogP contribution in [0.4, 0.5) is 0 Å². The fourth-order valence-electron chi connectivity index (χ4n) is 1.48. The van der Waals surface area contributed by atoms with Crippen LogP contribution in [0.15, 0.2) is 15.7 Å². The van der Waals surface area contributed by atoms with Gasteiger partial charge in [-0.2, -0.15) is 0 Å². The van der Waals surface area contributed by atoms with Gasteiger partial charge in [-0.3, -0.25) is 9.78 Å². The standard InChI is InChI=1S/C7H17NO5.C5H6N2O2/c1-8-2-4(10)6(12)7(13)5(11)3-9;1-3-2-4(8)7-5(9)6-3/h4-13H,2-3H2,1H3;2H,1H3,(H2,6,7,8,9)/t4-,5+,6+,7+;/m0./s1. The third-order valence-electron chi connectivity index (χ3n) is 2.63. The molecule has 0 aliphatic heterocycles. The molecule has 128 valence electrons. The number of aryl methyl sites for hydroxylation is 1. The lowest BCUT2D eigenvalue weighted by atomic mass is 10.0. The Morgan fingerprint density at radius 3 is 2.05 bits per heavy atom. The normalized spacial score (nSPS) is 16.1. The summed E-state index contributed by atoms with van der Waals surface area (Å²) in [6.07, 6.45) is -5.65. The molecule has 1 heterocycles. The van der Waals surface area contributed by atoms with Gasteiger partial charge in [-0.1, -0.05) is 0 Å². The summed E-state index contributed by atoms with van der Waals surface area (Å²) in [5.74, 6) is 0. The van der Waals surface area contributed by atoms with Crippen molar-refractivity contribution in [1.82, 2.24) is 15.3 Å². The van der Waals surface area contributed by atoms with Gasteiger partial charge in [0, 0.05) is 18.3 Å². The molecule has 0 aliphatic rings. The minimum absolute atomic E-state index is 0.0936. The van der Waals surface area contributed by atoms with Crippen molar-refractivity contribution < 1.29 is 25.5 Å². The van der Waals surface area contributed by atoms with Crippen LogP contribution in [-0.4, -0.2) is 80.1 Å². The summed E-state index contributed by atoms with van der Waals surface area (Å²) < 4.78 is 0. The molecule has 1 aromatic rings. The Morgan fingerprint density at radius 1 is 1.09 bits per heavy atom. The Hall–Kier alpha value is -1.56. The second-order valence-corrected chi connectivity index (χ2v) is 4.63. The van der Waals surface area contributed by atoms with E-state index in [-0.39, 0.29) is 12.1 Å². The molecule has 22 heavy (non-hydrogen) atoms. The molecule has 1 aromatic heterocycles. The van der Waals surface area contributed by atoms with Crippen molar-refractivity contribution in [3.63, 3.8) is 0 Å². The van der Waals surface area contributed by atoms with E-state index >= 15 is 0 Å². The lowest BCUT2D eigenvalue weighted by Gasteiger charge is -2.25. The SMILES string of the molecule is CNC[C@H](O)[C@@H](O)[C@H](O)[C@H](O)CO.Cc1cc(=O)[nH]c(=O)[nH]1. The lowest BCUT2D eigenvalue weighted by Crippen LogP contribution is -2.48. The van der Waals surface area contributed by atoms with Crippen molar-refractivity contribution in [3.05, 3.63) is 32.6 Å². The maximum absolute atomic E-state index is 10.4. The summed E-state index contributed by atoms with van der Waals surface area (Å²) in [7, 11) is 1.57. The molecular weight excluding hydrogens is 298 g/mol. The molecule has 0 saturated carbocycles. The fourth-order valence-corrected chi connectivity index (χ4v) is 1.48. The molecule has 0 radical (unpaired) electrons. The fraction of sp³-hybridized carbons (Fsp3) is 0.667.